The Morgan fingerprint density at radius 3 is 2.52 bits per heavy atom. The van der Waals surface area contributed by atoms with E-state index in [4.69, 9.17) is 9.15 Å². The number of morpholine rings is 1. The average molecular weight is 451 g/mol. The second kappa shape index (κ2) is 9.08. The highest BCUT2D eigenvalue weighted by Gasteiger charge is 2.42. The Labute approximate surface area is 191 Å². The quantitative estimate of drug-likeness (QED) is 0.572. The molecule has 0 saturated carbocycles. The van der Waals surface area contributed by atoms with Gasteiger partial charge in [-0.25, -0.2) is 4.39 Å². The molecule has 0 bridgehead atoms. The molecule has 0 unspecified atom stereocenters. The van der Waals surface area contributed by atoms with Gasteiger partial charge in [0.05, 0.1) is 30.2 Å². The predicted octanol–water partition coefficient (Wildman–Crippen LogP) is 3.76. The molecule has 2 aromatic carbocycles. The minimum Gasteiger partial charge on any atom is -0.450 e. The molecule has 172 valence electrons. The van der Waals surface area contributed by atoms with Crippen LogP contribution < -0.4 is 5.43 Å². The highest BCUT2D eigenvalue weighted by molar-refractivity contribution is 5.99. The SMILES string of the molecule is CCc1ccc([C@@H]2c3c(oc4ccc(F)cc4c3=O)C(=O)N2CCCN2CCOCC2)cc1. The van der Waals surface area contributed by atoms with Gasteiger partial charge in [-0.2, -0.15) is 0 Å². The van der Waals surface area contributed by atoms with E-state index < -0.39 is 11.9 Å². The Morgan fingerprint density at radius 1 is 1.03 bits per heavy atom. The summed E-state index contributed by atoms with van der Waals surface area (Å²) in [5.74, 6) is -0.736. The molecule has 0 N–H and O–H groups in total. The molecule has 2 aliphatic heterocycles. The summed E-state index contributed by atoms with van der Waals surface area (Å²) in [6.07, 6.45) is 1.67. The molecule has 3 aromatic rings. The van der Waals surface area contributed by atoms with Crippen molar-refractivity contribution in [3.8, 4) is 0 Å². The molecule has 3 heterocycles. The summed E-state index contributed by atoms with van der Waals surface area (Å²) in [6.45, 7) is 6.63. The maximum atomic E-state index is 13.9. The molecule has 7 heteroatoms. The van der Waals surface area contributed by atoms with Crippen molar-refractivity contribution in [2.24, 2.45) is 0 Å². The minimum absolute atomic E-state index is 0.0649. The van der Waals surface area contributed by atoms with Crippen LogP contribution in [0.1, 0.15) is 46.6 Å². The number of benzene rings is 2. The van der Waals surface area contributed by atoms with E-state index >= 15 is 0 Å². The molecule has 1 saturated heterocycles. The molecule has 0 aliphatic carbocycles. The first-order valence-electron chi connectivity index (χ1n) is 11.5. The van der Waals surface area contributed by atoms with E-state index in [-0.39, 0.29) is 28.1 Å². The number of fused-ring (bicyclic) bond motifs is 2. The third-order valence-corrected chi connectivity index (χ3v) is 6.61. The number of ether oxygens (including phenoxy) is 1. The van der Waals surface area contributed by atoms with E-state index in [0.29, 0.717) is 12.1 Å². The van der Waals surface area contributed by atoms with Crippen LogP contribution >= 0.6 is 0 Å². The molecule has 33 heavy (non-hydrogen) atoms. The van der Waals surface area contributed by atoms with E-state index in [1.54, 1.807) is 4.90 Å². The van der Waals surface area contributed by atoms with E-state index in [0.717, 1.165) is 51.3 Å². The number of rotatable bonds is 6. The fourth-order valence-corrected chi connectivity index (χ4v) is 4.79. The third kappa shape index (κ3) is 4.07. The van der Waals surface area contributed by atoms with Crippen molar-refractivity contribution in [1.82, 2.24) is 9.80 Å². The van der Waals surface area contributed by atoms with Gasteiger partial charge in [0.1, 0.15) is 11.4 Å². The summed E-state index contributed by atoms with van der Waals surface area (Å²) in [5.41, 5.74) is 2.21. The normalized spacial score (nSPS) is 18.8. The predicted molar refractivity (Wildman–Crippen MR) is 123 cm³/mol. The first-order valence-corrected chi connectivity index (χ1v) is 11.5. The Kier molecular flexibility index (Phi) is 6.00. The number of amides is 1. The van der Waals surface area contributed by atoms with Crippen LogP contribution in [0, 0.1) is 5.82 Å². The van der Waals surface area contributed by atoms with Crippen LogP contribution in [-0.4, -0.2) is 55.1 Å². The van der Waals surface area contributed by atoms with Crippen molar-refractivity contribution in [3.05, 3.63) is 81.0 Å². The fourth-order valence-electron chi connectivity index (χ4n) is 4.79. The van der Waals surface area contributed by atoms with Crippen molar-refractivity contribution in [3.63, 3.8) is 0 Å². The standard InChI is InChI=1S/C26H27FN2O4/c1-2-17-4-6-18(7-5-17)23-22-24(30)20-16-19(27)8-9-21(20)33-25(22)26(31)29(23)11-3-10-28-12-14-32-15-13-28/h4-9,16,23H,2-3,10-15H2,1H3/t23-/m1/s1. The Morgan fingerprint density at radius 2 is 1.79 bits per heavy atom. The number of aryl methyl sites for hydroxylation is 1. The van der Waals surface area contributed by atoms with E-state index in [1.807, 2.05) is 24.3 Å². The maximum Gasteiger partial charge on any atom is 0.290 e. The monoisotopic (exact) mass is 450 g/mol. The van der Waals surface area contributed by atoms with Gasteiger partial charge >= 0.3 is 0 Å². The first-order chi connectivity index (χ1) is 16.1. The van der Waals surface area contributed by atoms with Crippen LogP contribution in [0.15, 0.2) is 51.7 Å². The molecule has 6 nitrogen and oxygen atoms in total. The summed E-state index contributed by atoms with van der Waals surface area (Å²) < 4.78 is 25.2. The molecule has 1 fully saturated rings. The number of nitrogens with zero attached hydrogens (tertiary/aromatic N) is 2. The second-order valence-corrected chi connectivity index (χ2v) is 8.62. The molecule has 1 aromatic heterocycles. The summed E-state index contributed by atoms with van der Waals surface area (Å²) in [7, 11) is 0. The summed E-state index contributed by atoms with van der Waals surface area (Å²) in [6, 6.07) is 11.3. The number of carbonyl (C=O) groups is 1. The van der Waals surface area contributed by atoms with Gasteiger partial charge in [0, 0.05) is 26.2 Å². The summed E-state index contributed by atoms with van der Waals surface area (Å²) in [4.78, 5) is 30.9. The molecule has 2 aliphatic rings. The zero-order valence-corrected chi connectivity index (χ0v) is 18.7. The summed E-state index contributed by atoms with van der Waals surface area (Å²) in [5, 5.41) is 0.159. The highest BCUT2D eigenvalue weighted by Crippen LogP contribution is 2.38. The van der Waals surface area contributed by atoms with Crippen LogP contribution in [-0.2, 0) is 11.2 Å². The van der Waals surface area contributed by atoms with E-state index in [1.165, 1.54) is 23.8 Å². The lowest BCUT2D eigenvalue weighted by Gasteiger charge is -2.29. The van der Waals surface area contributed by atoms with Gasteiger partial charge in [0.15, 0.2) is 5.43 Å². The van der Waals surface area contributed by atoms with Crippen LogP contribution in [0.3, 0.4) is 0 Å². The van der Waals surface area contributed by atoms with E-state index in [2.05, 4.69) is 11.8 Å². The van der Waals surface area contributed by atoms with Crippen LogP contribution in [0.25, 0.3) is 11.0 Å². The van der Waals surface area contributed by atoms with Gasteiger partial charge in [-0.3, -0.25) is 14.5 Å². The van der Waals surface area contributed by atoms with Crippen LogP contribution in [0.2, 0.25) is 0 Å². The zero-order chi connectivity index (χ0) is 22.9. The van der Waals surface area contributed by atoms with Gasteiger partial charge < -0.3 is 14.1 Å². The van der Waals surface area contributed by atoms with Crippen LogP contribution in [0.4, 0.5) is 4.39 Å². The minimum atomic E-state index is -0.549. The second-order valence-electron chi connectivity index (χ2n) is 8.62. The molecular weight excluding hydrogens is 423 g/mol. The maximum absolute atomic E-state index is 13.9. The van der Waals surface area contributed by atoms with E-state index in [9.17, 15) is 14.0 Å². The van der Waals surface area contributed by atoms with Crippen molar-refractivity contribution in [2.75, 3.05) is 39.4 Å². The molecule has 0 spiro atoms. The topological polar surface area (TPSA) is 63.0 Å². The Hall–Kier alpha value is -3.03. The van der Waals surface area contributed by atoms with Gasteiger partial charge in [0.2, 0.25) is 5.76 Å². The summed E-state index contributed by atoms with van der Waals surface area (Å²) >= 11 is 0. The lowest BCUT2D eigenvalue weighted by molar-refractivity contribution is 0.0353. The van der Waals surface area contributed by atoms with Crippen molar-refractivity contribution >= 4 is 16.9 Å². The number of hydrogen-bond donors (Lipinski definition) is 0. The fraction of sp³-hybridized carbons (Fsp3) is 0.385. The van der Waals surface area contributed by atoms with Gasteiger partial charge in [-0.05, 0) is 42.2 Å². The average Bonchev–Trinajstić information content (AvgIpc) is 3.12. The first kappa shape index (κ1) is 21.8. The molecule has 0 radical (unpaired) electrons. The van der Waals surface area contributed by atoms with Gasteiger partial charge in [0.25, 0.3) is 5.91 Å². The van der Waals surface area contributed by atoms with Gasteiger partial charge in [-0.1, -0.05) is 31.2 Å². The van der Waals surface area contributed by atoms with Gasteiger partial charge in [-0.15, -0.1) is 0 Å². The zero-order valence-electron chi connectivity index (χ0n) is 18.7. The molecule has 5 rings (SSSR count). The largest absolute Gasteiger partial charge is 0.450 e. The Bertz CT molecular complexity index is 1230. The number of hydrogen-bond acceptors (Lipinski definition) is 5. The van der Waals surface area contributed by atoms with Crippen molar-refractivity contribution in [1.29, 1.82) is 0 Å². The van der Waals surface area contributed by atoms with Crippen LogP contribution in [0.5, 0.6) is 0 Å². The third-order valence-electron chi connectivity index (χ3n) is 6.61. The Balaban J connectivity index is 1.53. The number of carbonyl (C=O) groups excluding carboxylic acids is 1. The van der Waals surface area contributed by atoms with Crippen molar-refractivity contribution in [2.45, 2.75) is 25.8 Å². The lowest BCUT2D eigenvalue weighted by atomic mass is 9.97. The smallest absolute Gasteiger partial charge is 0.290 e. The lowest BCUT2D eigenvalue weighted by Crippen LogP contribution is -2.38. The molecule has 1 amide bonds. The number of halogens is 1. The highest BCUT2D eigenvalue weighted by atomic mass is 19.1. The molecule has 1 atom stereocenters. The molecular formula is C26H27FN2O4. The van der Waals surface area contributed by atoms with Crippen molar-refractivity contribution < 1.29 is 18.3 Å².